The van der Waals surface area contributed by atoms with Crippen molar-refractivity contribution in [1.82, 2.24) is 9.55 Å². The first-order valence-electron chi connectivity index (χ1n) is 4.28. The second-order valence-electron chi connectivity index (χ2n) is 3.27. The van der Waals surface area contributed by atoms with Crippen LogP contribution in [0.15, 0.2) is 12.1 Å². The Hall–Kier alpha value is -1.62. The lowest BCUT2D eigenvalue weighted by molar-refractivity contribution is -0.385. The number of imidazole rings is 1. The van der Waals surface area contributed by atoms with Crippen molar-refractivity contribution in [2.45, 2.75) is 6.92 Å². The van der Waals surface area contributed by atoms with Gasteiger partial charge in [-0.15, -0.1) is 0 Å². The monoisotopic (exact) mass is 225 g/mol. The second kappa shape index (κ2) is 3.20. The maximum absolute atomic E-state index is 10.7. The number of nitro benzene ring substituents is 1. The molecule has 78 valence electrons. The van der Waals surface area contributed by atoms with Crippen molar-refractivity contribution in [3.8, 4) is 0 Å². The third-order valence-corrected chi connectivity index (χ3v) is 2.76. The highest BCUT2D eigenvalue weighted by atomic mass is 35.5. The molecule has 0 aliphatic rings. The minimum Gasteiger partial charge on any atom is -0.318 e. The molecular weight excluding hydrogens is 218 g/mol. The smallest absolute Gasteiger partial charge is 0.274 e. The van der Waals surface area contributed by atoms with E-state index in [1.54, 1.807) is 24.6 Å². The first-order valence-corrected chi connectivity index (χ1v) is 4.66. The van der Waals surface area contributed by atoms with E-state index in [4.69, 9.17) is 11.6 Å². The van der Waals surface area contributed by atoms with E-state index in [-0.39, 0.29) is 5.69 Å². The van der Waals surface area contributed by atoms with Crippen molar-refractivity contribution in [2.24, 2.45) is 7.05 Å². The summed E-state index contributed by atoms with van der Waals surface area (Å²) in [5.74, 6) is 0. The van der Waals surface area contributed by atoms with Crippen molar-refractivity contribution in [1.29, 1.82) is 0 Å². The maximum Gasteiger partial charge on any atom is 0.274 e. The number of aromatic nitrogens is 2. The van der Waals surface area contributed by atoms with Gasteiger partial charge in [-0.1, -0.05) is 0 Å². The van der Waals surface area contributed by atoms with E-state index >= 15 is 0 Å². The standard InChI is InChI=1S/C9H8ClN3O2/c1-5-6(13(14)15)3-4-7-8(5)11-9(10)12(7)2/h3-4H,1-2H3. The lowest BCUT2D eigenvalue weighted by Crippen LogP contribution is -1.93. The van der Waals surface area contributed by atoms with Crippen LogP contribution < -0.4 is 0 Å². The summed E-state index contributed by atoms with van der Waals surface area (Å²) in [6.07, 6.45) is 0. The third-order valence-electron chi connectivity index (χ3n) is 2.42. The molecule has 1 aromatic carbocycles. The molecule has 0 unspecified atom stereocenters. The summed E-state index contributed by atoms with van der Waals surface area (Å²) >= 11 is 5.84. The highest BCUT2D eigenvalue weighted by Gasteiger charge is 2.16. The van der Waals surface area contributed by atoms with Crippen LogP contribution in [0.2, 0.25) is 5.28 Å². The van der Waals surface area contributed by atoms with Crippen molar-refractivity contribution < 1.29 is 4.92 Å². The number of fused-ring (bicyclic) bond motifs is 1. The van der Waals surface area contributed by atoms with E-state index in [9.17, 15) is 10.1 Å². The molecule has 0 atom stereocenters. The van der Waals surface area contributed by atoms with Crippen molar-refractivity contribution in [3.05, 3.63) is 33.1 Å². The molecule has 1 heterocycles. The van der Waals surface area contributed by atoms with Crippen LogP contribution in [0.5, 0.6) is 0 Å². The lowest BCUT2D eigenvalue weighted by Gasteiger charge is -1.98. The van der Waals surface area contributed by atoms with Gasteiger partial charge in [0.1, 0.15) is 0 Å². The van der Waals surface area contributed by atoms with Gasteiger partial charge in [0.25, 0.3) is 5.69 Å². The van der Waals surface area contributed by atoms with Gasteiger partial charge in [-0.3, -0.25) is 10.1 Å². The zero-order chi connectivity index (χ0) is 11.2. The van der Waals surface area contributed by atoms with Crippen molar-refractivity contribution >= 4 is 28.3 Å². The predicted octanol–water partition coefficient (Wildman–Crippen LogP) is 2.44. The van der Waals surface area contributed by atoms with Gasteiger partial charge in [0.05, 0.1) is 21.5 Å². The first kappa shape index (κ1) is 9.92. The van der Waals surface area contributed by atoms with Gasteiger partial charge in [-0.05, 0) is 24.6 Å². The number of nitrogens with zero attached hydrogens (tertiary/aromatic N) is 3. The summed E-state index contributed by atoms with van der Waals surface area (Å²) in [5, 5.41) is 11.0. The summed E-state index contributed by atoms with van der Waals surface area (Å²) < 4.78 is 1.69. The Bertz CT molecular complexity index is 562. The number of hydrogen-bond donors (Lipinski definition) is 0. The molecule has 2 rings (SSSR count). The Morgan fingerprint density at radius 2 is 2.20 bits per heavy atom. The average Bonchev–Trinajstić information content (AvgIpc) is 2.45. The number of nitro groups is 1. The van der Waals surface area contributed by atoms with Crippen LogP contribution in [0, 0.1) is 17.0 Å². The molecule has 15 heavy (non-hydrogen) atoms. The Morgan fingerprint density at radius 1 is 1.53 bits per heavy atom. The molecule has 2 aromatic rings. The van der Waals surface area contributed by atoms with Crippen molar-refractivity contribution in [2.75, 3.05) is 0 Å². The molecular formula is C9H8ClN3O2. The second-order valence-corrected chi connectivity index (χ2v) is 3.61. The molecule has 0 N–H and O–H groups in total. The molecule has 6 heteroatoms. The van der Waals surface area contributed by atoms with Gasteiger partial charge >= 0.3 is 0 Å². The van der Waals surface area contributed by atoms with E-state index in [1.165, 1.54) is 6.07 Å². The van der Waals surface area contributed by atoms with E-state index in [0.29, 0.717) is 16.4 Å². The van der Waals surface area contributed by atoms with E-state index < -0.39 is 4.92 Å². The number of aryl methyl sites for hydroxylation is 2. The van der Waals surface area contributed by atoms with E-state index in [2.05, 4.69) is 4.98 Å². The summed E-state index contributed by atoms with van der Waals surface area (Å²) in [5.41, 5.74) is 1.98. The molecule has 5 nitrogen and oxygen atoms in total. The molecule has 0 fully saturated rings. The summed E-state index contributed by atoms with van der Waals surface area (Å²) in [7, 11) is 1.77. The minimum absolute atomic E-state index is 0.0669. The van der Waals surface area contributed by atoms with Gasteiger partial charge in [0.2, 0.25) is 5.28 Å². The quantitative estimate of drug-likeness (QED) is 0.553. The third kappa shape index (κ3) is 1.35. The zero-order valence-corrected chi connectivity index (χ0v) is 8.95. The normalized spacial score (nSPS) is 10.9. The fourth-order valence-corrected chi connectivity index (χ4v) is 1.73. The molecule has 0 aliphatic heterocycles. The van der Waals surface area contributed by atoms with Crippen LogP contribution in [0.1, 0.15) is 5.56 Å². The number of halogens is 1. The van der Waals surface area contributed by atoms with Gasteiger partial charge in [-0.25, -0.2) is 4.98 Å². The molecule has 0 aliphatic carbocycles. The predicted molar refractivity (Wildman–Crippen MR) is 57.1 cm³/mol. The zero-order valence-electron chi connectivity index (χ0n) is 8.19. The maximum atomic E-state index is 10.7. The highest BCUT2D eigenvalue weighted by Crippen LogP contribution is 2.27. The number of benzene rings is 1. The molecule has 0 spiro atoms. The Kier molecular flexibility index (Phi) is 2.12. The summed E-state index contributed by atoms with van der Waals surface area (Å²) in [6.45, 7) is 1.67. The number of hydrogen-bond acceptors (Lipinski definition) is 3. The molecule has 0 saturated carbocycles. The molecule has 0 bridgehead atoms. The van der Waals surface area contributed by atoms with Crippen LogP contribution >= 0.6 is 11.6 Å². The minimum atomic E-state index is -0.419. The molecule has 0 saturated heterocycles. The highest BCUT2D eigenvalue weighted by molar-refractivity contribution is 6.29. The van der Waals surface area contributed by atoms with Gasteiger partial charge in [0.15, 0.2) is 0 Å². The first-order chi connectivity index (χ1) is 7.02. The van der Waals surface area contributed by atoms with Crippen LogP contribution in [0.3, 0.4) is 0 Å². The topological polar surface area (TPSA) is 61.0 Å². The molecule has 1 aromatic heterocycles. The molecule has 0 radical (unpaired) electrons. The number of rotatable bonds is 1. The van der Waals surface area contributed by atoms with Gasteiger partial charge < -0.3 is 4.57 Å². The average molecular weight is 226 g/mol. The fraction of sp³-hybridized carbons (Fsp3) is 0.222. The van der Waals surface area contributed by atoms with Crippen LogP contribution in [0.25, 0.3) is 11.0 Å². The Morgan fingerprint density at radius 3 is 2.80 bits per heavy atom. The van der Waals surface area contributed by atoms with Crippen LogP contribution in [0.4, 0.5) is 5.69 Å². The van der Waals surface area contributed by atoms with E-state index in [1.807, 2.05) is 0 Å². The van der Waals surface area contributed by atoms with E-state index in [0.717, 1.165) is 5.52 Å². The van der Waals surface area contributed by atoms with Crippen LogP contribution in [-0.2, 0) is 7.05 Å². The Labute approximate surface area is 90.4 Å². The largest absolute Gasteiger partial charge is 0.318 e. The fourth-order valence-electron chi connectivity index (χ4n) is 1.55. The van der Waals surface area contributed by atoms with Crippen LogP contribution in [-0.4, -0.2) is 14.5 Å². The Balaban J connectivity index is 2.85. The summed E-state index contributed by atoms with van der Waals surface area (Å²) in [6, 6.07) is 3.12. The lowest BCUT2D eigenvalue weighted by atomic mass is 10.1. The SMILES string of the molecule is Cc1c([N+](=O)[O-])ccc2c1nc(Cl)n2C. The van der Waals surface area contributed by atoms with Gasteiger partial charge in [-0.2, -0.15) is 0 Å². The molecule has 0 amide bonds. The van der Waals surface area contributed by atoms with Gasteiger partial charge in [0, 0.05) is 13.1 Å². The summed E-state index contributed by atoms with van der Waals surface area (Å²) in [4.78, 5) is 14.4. The van der Waals surface area contributed by atoms with Crippen molar-refractivity contribution in [3.63, 3.8) is 0 Å².